The van der Waals surface area contributed by atoms with E-state index in [-0.39, 0.29) is 17.8 Å². The lowest BCUT2D eigenvalue weighted by molar-refractivity contribution is -0.114. The van der Waals surface area contributed by atoms with Crippen molar-refractivity contribution in [3.05, 3.63) is 83.7 Å². The summed E-state index contributed by atoms with van der Waals surface area (Å²) in [6.07, 6.45) is 1.94. The Morgan fingerprint density at radius 3 is 2.85 bits per heavy atom. The molecule has 0 aromatic heterocycles. The minimum absolute atomic E-state index is 0.0589. The van der Waals surface area contributed by atoms with Crippen molar-refractivity contribution in [1.82, 2.24) is 4.90 Å². The number of ether oxygens (including phenoxy) is 1. The van der Waals surface area contributed by atoms with Crippen molar-refractivity contribution in [2.75, 3.05) is 29.9 Å². The first-order chi connectivity index (χ1) is 16.1. The monoisotopic (exact) mass is 445 g/mol. The molecule has 3 aromatic rings. The summed E-state index contributed by atoms with van der Waals surface area (Å²) >= 11 is 0. The molecule has 1 fully saturated rings. The number of rotatable bonds is 5. The third-order valence-electron chi connectivity index (χ3n) is 6.39. The first kappa shape index (κ1) is 21.5. The van der Waals surface area contributed by atoms with Crippen molar-refractivity contribution in [1.29, 1.82) is 0 Å². The van der Waals surface area contributed by atoms with Crippen LogP contribution in [-0.2, 0) is 17.8 Å². The predicted octanol–water partition coefficient (Wildman–Crippen LogP) is 5.13. The summed E-state index contributed by atoms with van der Waals surface area (Å²) in [5.74, 6) is 0.538. The fraction of sp³-hybridized carbons (Fsp3) is 0.296. The number of likely N-dealkylation sites (tertiary alicyclic amines) is 1. The zero-order valence-electron chi connectivity index (χ0n) is 18.8. The van der Waals surface area contributed by atoms with E-state index in [4.69, 9.17) is 4.74 Å². The number of para-hydroxylation sites is 2. The second-order valence-electron chi connectivity index (χ2n) is 8.77. The molecule has 0 radical (unpaired) electrons. The predicted molar refractivity (Wildman–Crippen MR) is 129 cm³/mol. The van der Waals surface area contributed by atoms with E-state index in [9.17, 15) is 9.18 Å². The number of amides is 1. The summed E-state index contributed by atoms with van der Waals surface area (Å²) in [5.41, 5.74) is 4.98. The van der Waals surface area contributed by atoms with Crippen molar-refractivity contribution in [2.45, 2.75) is 32.4 Å². The summed E-state index contributed by atoms with van der Waals surface area (Å²) in [7, 11) is 0. The van der Waals surface area contributed by atoms with Crippen molar-refractivity contribution in [2.24, 2.45) is 0 Å². The van der Waals surface area contributed by atoms with Gasteiger partial charge in [0.2, 0.25) is 5.91 Å². The maximum atomic E-state index is 14.0. The molecule has 2 aliphatic rings. The first-order valence-corrected chi connectivity index (χ1v) is 11.5. The van der Waals surface area contributed by atoms with Gasteiger partial charge in [0.05, 0.1) is 5.69 Å². The van der Waals surface area contributed by atoms with Crippen LogP contribution in [0.4, 0.5) is 21.5 Å². The Bertz CT molecular complexity index is 1170. The maximum absolute atomic E-state index is 14.0. The molecule has 2 aliphatic heterocycles. The number of anilines is 3. The van der Waals surface area contributed by atoms with E-state index in [2.05, 4.69) is 27.2 Å². The largest absolute Gasteiger partial charge is 0.487 e. The molecule has 1 saturated heterocycles. The van der Waals surface area contributed by atoms with E-state index in [0.717, 1.165) is 60.9 Å². The molecule has 1 atom stereocenters. The zero-order chi connectivity index (χ0) is 22.8. The molecule has 0 aliphatic carbocycles. The third kappa shape index (κ3) is 4.71. The number of carbonyl (C=O) groups is 1. The van der Waals surface area contributed by atoms with Gasteiger partial charge in [0.25, 0.3) is 0 Å². The van der Waals surface area contributed by atoms with Crippen LogP contribution in [0.3, 0.4) is 0 Å². The standard InChI is InChI=1S/C27H28FN3O2/c1-19(32)29-23-6-4-5-20(15-23)11-13-30-14-12-24(17-30)31-25-10-9-22(28)16-21(25)18-33-27-8-3-2-7-26(27)31/h2-10,15-16,24H,11-14,17-18H2,1H3,(H,29,32). The lowest BCUT2D eigenvalue weighted by Gasteiger charge is -2.32. The van der Waals surface area contributed by atoms with Gasteiger partial charge in [-0.3, -0.25) is 4.79 Å². The van der Waals surface area contributed by atoms with E-state index >= 15 is 0 Å². The number of fused-ring (bicyclic) bond motifs is 2. The van der Waals surface area contributed by atoms with Gasteiger partial charge in [0.1, 0.15) is 18.2 Å². The van der Waals surface area contributed by atoms with Crippen LogP contribution in [0.1, 0.15) is 24.5 Å². The number of benzene rings is 3. The lowest BCUT2D eigenvalue weighted by atomic mass is 10.1. The van der Waals surface area contributed by atoms with Gasteiger partial charge in [-0.2, -0.15) is 0 Å². The summed E-state index contributed by atoms with van der Waals surface area (Å²) in [6.45, 7) is 4.77. The first-order valence-electron chi connectivity index (χ1n) is 11.5. The molecule has 0 spiro atoms. The second-order valence-corrected chi connectivity index (χ2v) is 8.77. The Labute approximate surface area is 193 Å². The fourth-order valence-corrected chi connectivity index (χ4v) is 4.88. The highest BCUT2D eigenvalue weighted by Crippen LogP contribution is 2.42. The molecular formula is C27H28FN3O2. The Morgan fingerprint density at radius 1 is 1.09 bits per heavy atom. The van der Waals surface area contributed by atoms with E-state index < -0.39 is 0 Å². The molecule has 6 heteroatoms. The van der Waals surface area contributed by atoms with Crippen LogP contribution >= 0.6 is 0 Å². The highest BCUT2D eigenvalue weighted by atomic mass is 19.1. The Morgan fingerprint density at radius 2 is 1.97 bits per heavy atom. The Hall–Kier alpha value is -3.38. The highest BCUT2D eigenvalue weighted by Gasteiger charge is 2.32. The molecule has 0 saturated carbocycles. The molecule has 1 amide bonds. The molecule has 1 N–H and O–H groups in total. The van der Waals surface area contributed by atoms with Crippen LogP contribution in [0.25, 0.3) is 0 Å². The van der Waals surface area contributed by atoms with Gasteiger partial charge in [0.15, 0.2) is 0 Å². The van der Waals surface area contributed by atoms with Gasteiger partial charge in [-0.25, -0.2) is 4.39 Å². The average molecular weight is 446 g/mol. The smallest absolute Gasteiger partial charge is 0.221 e. The quantitative estimate of drug-likeness (QED) is 0.591. The summed E-state index contributed by atoms with van der Waals surface area (Å²) in [5, 5.41) is 2.85. The van der Waals surface area contributed by atoms with Gasteiger partial charge >= 0.3 is 0 Å². The topological polar surface area (TPSA) is 44.8 Å². The van der Waals surface area contributed by atoms with Crippen LogP contribution < -0.4 is 15.0 Å². The minimum atomic E-state index is -0.238. The number of nitrogens with zero attached hydrogens (tertiary/aromatic N) is 2. The lowest BCUT2D eigenvalue weighted by Crippen LogP contribution is -2.35. The molecule has 0 bridgehead atoms. The number of halogens is 1. The van der Waals surface area contributed by atoms with Crippen molar-refractivity contribution >= 4 is 23.0 Å². The molecule has 170 valence electrons. The number of nitrogens with one attached hydrogen (secondary N) is 1. The van der Waals surface area contributed by atoms with Gasteiger partial charge in [-0.15, -0.1) is 0 Å². The third-order valence-corrected chi connectivity index (χ3v) is 6.39. The Kier molecular flexibility index (Phi) is 6.01. The molecule has 3 aromatic carbocycles. The van der Waals surface area contributed by atoms with Gasteiger partial charge in [0, 0.05) is 49.5 Å². The SMILES string of the molecule is CC(=O)Nc1cccc(CCN2CCC(N3c4ccc(F)cc4COc4ccccc43)C2)c1. The number of hydrogen-bond acceptors (Lipinski definition) is 4. The van der Waals surface area contributed by atoms with Crippen molar-refractivity contribution in [3.8, 4) is 5.75 Å². The molecule has 5 nitrogen and oxygen atoms in total. The minimum Gasteiger partial charge on any atom is -0.487 e. The van der Waals surface area contributed by atoms with Crippen LogP contribution in [-0.4, -0.2) is 36.5 Å². The van der Waals surface area contributed by atoms with Gasteiger partial charge in [-0.1, -0.05) is 24.3 Å². The van der Waals surface area contributed by atoms with Crippen LogP contribution in [0, 0.1) is 5.82 Å². The zero-order valence-corrected chi connectivity index (χ0v) is 18.8. The summed E-state index contributed by atoms with van der Waals surface area (Å²) in [4.78, 5) is 16.2. The fourth-order valence-electron chi connectivity index (χ4n) is 4.88. The molecular weight excluding hydrogens is 417 g/mol. The highest BCUT2D eigenvalue weighted by molar-refractivity contribution is 5.88. The maximum Gasteiger partial charge on any atom is 0.221 e. The second kappa shape index (κ2) is 9.24. The van der Waals surface area contributed by atoms with Crippen LogP contribution in [0.5, 0.6) is 5.75 Å². The average Bonchev–Trinajstić information content (AvgIpc) is 3.20. The summed E-state index contributed by atoms with van der Waals surface area (Å²) in [6, 6.07) is 21.4. The van der Waals surface area contributed by atoms with E-state index in [1.54, 1.807) is 6.07 Å². The molecule has 33 heavy (non-hydrogen) atoms. The van der Waals surface area contributed by atoms with E-state index in [1.165, 1.54) is 18.6 Å². The van der Waals surface area contributed by atoms with Gasteiger partial charge in [-0.05, 0) is 60.9 Å². The van der Waals surface area contributed by atoms with Crippen molar-refractivity contribution < 1.29 is 13.9 Å². The van der Waals surface area contributed by atoms with Crippen molar-refractivity contribution in [3.63, 3.8) is 0 Å². The van der Waals surface area contributed by atoms with Crippen LogP contribution in [0.15, 0.2) is 66.7 Å². The normalized spacial score (nSPS) is 17.6. The Balaban J connectivity index is 1.33. The number of hydrogen-bond donors (Lipinski definition) is 1. The van der Waals surface area contributed by atoms with E-state index in [1.807, 2.05) is 42.5 Å². The van der Waals surface area contributed by atoms with Gasteiger partial charge < -0.3 is 19.9 Å². The molecule has 2 heterocycles. The molecule has 1 unspecified atom stereocenters. The number of carbonyl (C=O) groups excluding carboxylic acids is 1. The molecule has 5 rings (SSSR count). The van der Waals surface area contributed by atoms with E-state index in [0.29, 0.717) is 6.61 Å². The summed E-state index contributed by atoms with van der Waals surface area (Å²) < 4.78 is 20.0. The van der Waals surface area contributed by atoms with Crippen LogP contribution in [0.2, 0.25) is 0 Å².